The van der Waals surface area contributed by atoms with Crippen LogP contribution in [0, 0.1) is 5.41 Å². The van der Waals surface area contributed by atoms with Crippen LogP contribution in [-0.2, 0) is 14.4 Å². The number of rotatable bonds is 7. The molecule has 1 saturated carbocycles. The number of thioether (sulfide) groups is 1. The van der Waals surface area contributed by atoms with E-state index in [4.69, 9.17) is 5.73 Å². The van der Waals surface area contributed by atoms with Crippen LogP contribution in [0.15, 0.2) is 29.2 Å². The lowest BCUT2D eigenvalue weighted by molar-refractivity contribution is -0.157. The van der Waals surface area contributed by atoms with Crippen molar-refractivity contribution in [3.8, 4) is 0 Å². The lowest BCUT2D eigenvalue weighted by Crippen LogP contribution is -2.41. The fourth-order valence-electron chi connectivity index (χ4n) is 2.42. The fraction of sp³-hybridized carbons (Fsp3) is 0.400. The number of carbonyl (C=O) groups excluding carboxylic acids is 2. The summed E-state index contributed by atoms with van der Waals surface area (Å²) in [6.45, 7) is 0. The summed E-state index contributed by atoms with van der Waals surface area (Å²) in [6.07, 6.45) is 1.88. The molecule has 0 unspecified atom stereocenters. The minimum Gasteiger partial charge on any atom is -0.481 e. The molecular formula is C15H18N2O4S. The maximum atomic E-state index is 12.1. The number of nitrogens with two attached hydrogens (primary N) is 1. The molecular weight excluding hydrogens is 304 g/mol. The van der Waals surface area contributed by atoms with Crippen LogP contribution < -0.4 is 11.1 Å². The van der Waals surface area contributed by atoms with E-state index in [-0.39, 0.29) is 18.1 Å². The number of hydrogen-bond acceptors (Lipinski definition) is 4. The second-order valence-electron chi connectivity index (χ2n) is 5.42. The van der Waals surface area contributed by atoms with Gasteiger partial charge in [-0.2, -0.15) is 0 Å². The Morgan fingerprint density at radius 2 is 1.95 bits per heavy atom. The van der Waals surface area contributed by atoms with Gasteiger partial charge in [0.25, 0.3) is 0 Å². The first-order valence-electron chi connectivity index (χ1n) is 6.96. The topological polar surface area (TPSA) is 109 Å². The normalized spacial score (nSPS) is 15.6. The summed E-state index contributed by atoms with van der Waals surface area (Å²) in [7, 11) is 0. The van der Waals surface area contributed by atoms with Crippen molar-refractivity contribution in [1.29, 1.82) is 0 Å². The summed E-state index contributed by atoms with van der Waals surface area (Å²) in [4.78, 5) is 35.0. The zero-order valence-electron chi connectivity index (χ0n) is 12.0. The molecule has 2 rings (SSSR count). The van der Waals surface area contributed by atoms with E-state index in [0.29, 0.717) is 18.5 Å². The average Bonchev–Trinajstić information content (AvgIpc) is 2.41. The molecule has 7 heteroatoms. The Morgan fingerprint density at radius 3 is 2.50 bits per heavy atom. The zero-order valence-corrected chi connectivity index (χ0v) is 12.8. The highest BCUT2D eigenvalue weighted by Crippen LogP contribution is 2.44. The van der Waals surface area contributed by atoms with Crippen molar-refractivity contribution in [3.63, 3.8) is 0 Å². The smallest absolute Gasteiger partial charge is 0.310 e. The Bertz CT molecular complexity index is 599. The Kier molecular flexibility index (Phi) is 5.07. The summed E-state index contributed by atoms with van der Waals surface area (Å²) in [5, 5.41) is 12.0. The van der Waals surface area contributed by atoms with Crippen LogP contribution in [0.2, 0.25) is 0 Å². The van der Waals surface area contributed by atoms with Crippen molar-refractivity contribution in [2.24, 2.45) is 11.1 Å². The number of benzene rings is 1. The number of amides is 2. The summed E-state index contributed by atoms with van der Waals surface area (Å²) in [5.41, 5.74) is 4.77. The summed E-state index contributed by atoms with van der Waals surface area (Å²) in [5.74, 6) is -1.56. The van der Waals surface area contributed by atoms with Gasteiger partial charge in [0.2, 0.25) is 11.8 Å². The van der Waals surface area contributed by atoms with Gasteiger partial charge in [0.15, 0.2) is 0 Å². The van der Waals surface area contributed by atoms with Gasteiger partial charge in [-0.25, -0.2) is 0 Å². The van der Waals surface area contributed by atoms with Crippen LogP contribution in [0.4, 0.5) is 5.69 Å². The number of aliphatic carboxylic acids is 1. The first-order chi connectivity index (χ1) is 10.4. The molecule has 22 heavy (non-hydrogen) atoms. The van der Waals surface area contributed by atoms with Crippen LogP contribution >= 0.6 is 11.8 Å². The van der Waals surface area contributed by atoms with Crippen molar-refractivity contribution < 1.29 is 19.5 Å². The molecule has 1 fully saturated rings. The number of nitrogens with one attached hydrogen (secondary N) is 1. The van der Waals surface area contributed by atoms with E-state index >= 15 is 0 Å². The van der Waals surface area contributed by atoms with Crippen molar-refractivity contribution in [1.82, 2.24) is 0 Å². The van der Waals surface area contributed by atoms with Crippen LogP contribution in [0.3, 0.4) is 0 Å². The molecule has 2 amide bonds. The van der Waals surface area contributed by atoms with Crippen molar-refractivity contribution in [2.75, 3.05) is 11.1 Å². The van der Waals surface area contributed by atoms with E-state index in [2.05, 4.69) is 5.32 Å². The molecule has 0 saturated heterocycles. The molecule has 1 aliphatic rings. The molecule has 0 spiro atoms. The molecule has 118 valence electrons. The monoisotopic (exact) mass is 322 g/mol. The van der Waals surface area contributed by atoms with E-state index in [1.807, 2.05) is 0 Å². The number of anilines is 1. The number of primary amides is 1. The van der Waals surface area contributed by atoms with Gasteiger partial charge < -0.3 is 16.2 Å². The Labute approximate surface area is 132 Å². The SMILES string of the molecule is NC(=O)CSc1ccccc1NC(=O)CC1(C(=O)O)CCC1. The first kappa shape index (κ1) is 16.4. The van der Waals surface area contributed by atoms with E-state index in [9.17, 15) is 19.5 Å². The second-order valence-corrected chi connectivity index (χ2v) is 6.43. The van der Waals surface area contributed by atoms with Crippen LogP contribution in [0.1, 0.15) is 25.7 Å². The summed E-state index contributed by atoms with van der Waals surface area (Å²) in [6, 6.07) is 7.05. The molecule has 0 atom stereocenters. The van der Waals surface area contributed by atoms with E-state index in [0.717, 1.165) is 11.3 Å². The number of carboxylic acid groups (broad SMARTS) is 1. The number of carbonyl (C=O) groups is 3. The van der Waals surface area contributed by atoms with Gasteiger partial charge in [0.05, 0.1) is 16.9 Å². The molecule has 0 radical (unpaired) electrons. The number of carboxylic acids is 1. The zero-order chi connectivity index (χ0) is 16.2. The second kappa shape index (κ2) is 6.83. The maximum Gasteiger partial charge on any atom is 0.310 e. The quantitative estimate of drug-likeness (QED) is 0.664. The molecule has 4 N–H and O–H groups in total. The molecule has 1 aromatic carbocycles. The third-order valence-electron chi connectivity index (χ3n) is 3.79. The van der Waals surface area contributed by atoms with Gasteiger partial charge in [-0.3, -0.25) is 14.4 Å². The minimum atomic E-state index is -0.917. The average molecular weight is 322 g/mol. The third-order valence-corrected chi connectivity index (χ3v) is 4.89. The van der Waals surface area contributed by atoms with Crippen LogP contribution in [0.25, 0.3) is 0 Å². The van der Waals surface area contributed by atoms with Crippen molar-refractivity contribution in [3.05, 3.63) is 24.3 Å². The molecule has 1 aliphatic carbocycles. The maximum absolute atomic E-state index is 12.1. The van der Waals surface area contributed by atoms with Crippen LogP contribution in [0.5, 0.6) is 0 Å². The predicted molar refractivity (Wildman–Crippen MR) is 83.5 cm³/mol. The first-order valence-corrected chi connectivity index (χ1v) is 7.95. The van der Waals surface area contributed by atoms with Gasteiger partial charge in [0, 0.05) is 11.3 Å². The fourth-order valence-corrected chi connectivity index (χ4v) is 3.16. The lowest BCUT2D eigenvalue weighted by Gasteiger charge is -2.36. The van der Waals surface area contributed by atoms with Crippen molar-refractivity contribution >= 4 is 35.2 Å². The number of hydrogen-bond donors (Lipinski definition) is 3. The van der Waals surface area contributed by atoms with Gasteiger partial charge in [-0.1, -0.05) is 18.6 Å². The van der Waals surface area contributed by atoms with Crippen molar-refractivity contribution in [2.45, 2.75) is 30.6 Å². The molecule has 0 aromatic heterocycles. The van der Waals surface area contributed by atoms with Gasteiger partial charge in [0.1, 0.15) is 0 Å². The standard InChI is InChI=1S/C15H18N2O4S/c16-12(18)9-22-11-5-2-1-4-10(11)17-13(19)8-15(14(20)21)6-3-7-15/h1-2,4-5H,3,6-9H2,(H2,16,18)(H,17,19)(H,20,21). The third kappa shape index (κ3) is 3.79. The molecule has 0 heterocycles. The minimum absolute atomic E-state index is 0.0306. The van der Waals surface area contributed by atoms with Crippen LogP contribution in [-0.4, -0.2) is 28.6 Å². The van der Waals surface area contributed by atoms with E-state index in [1.165, 1.54) is 11.8 Å². The highest BCUT2D eigenvalue weighted by Gasteiger charge is 2.45. The Hall–Kier alpha value is -2.02. The predicted octanol–water partition coefficient (Wildman–Crippen LogP) is 1.85. The van der Waals surface area contributed by atoms with E-state index in [1.54, 1.807) is 24.3 Å². The number of para-hydroxylation sites is 1. The molecule has 0 bridgehead atoms. The molecule has 1 aromatic rings. The molecule has 6 nitrogen and oxygen atoms in total. The van der Waals surface area contributed by atoms with Gasteiger partial charge >= 0.3 is 5.97 Å². The summed E-state index contributed by atoms with van der Waals surface area (Å²) < 4.78 is 0. The Balaban J connectivity index is 2.02. The highest BCUT2D eigenvalue weighted by atomic mass is 32.2. The Morgan fingerprint density at radius 1 is 1.27 bits per heavy atom. The lowest BCUT2D eigenvalue weighted by atomic mass is 9.66. The molecule has 0 aliphatic heterocycles. The van der Waals surface area contributed by atoms with Gasteiger partial charge in [-0.15, -0.1) is 11.8 Å². The highest BCUT2D eigenvalue weighted by molar-refractivity contribution is 8.00. The largest absolute Gasteiger partial charge is 0.481 e. The summed E-state index contributed by atoms with van der Waals surface area (Å²) >= 11 is 1.24. The van der Waals surface area contributed by atoms with Gasteiger partial charge in [-0.05, 0) is 25.0 Å². The van der Waals surface area contributed by atoms with E-state index < -0.39 is 17.3 Å².